The fourth-order valence-electron chi connectivity index (χ4n) is 2.17. The van der Waals surface area contributed by atoms with Gasteiger partial charge in [-0.15, -0.1) is 0 Å². The zero-order chi connectivity index (χ0) is 18.6. The number of carbonyl (C=O) groups excluding carboxylic acids is 2. The highest BCUT2D eigenvalue weighted by Crippen LogP contribution is 2.27. The van der Waals surface area contributed by atoms with Gasteiger partial charge in [0.15, 0.2) is 0 Å². The summed E-state index contributed by atoms with van der Waals surface area (Å²) in [5, 5.41) is 6.02. The molecule has 0 radical (unpaired) electrons. The number of hydrogen-bond donors (Lipinski definition) is 2. The summed E-state index contributed by atoms with van der Waals surface area (Å²) in [6.45, 7) is 5.66. The van der Waals surface area contributed by atoms with Crippen LogP contribution in [0, 0.1) is 0 Å². The average molecular weight is 361 g/mol. The third-order valence-corrected chi connectivity index (χ3v) is 3.48. The minimum atomic E-state index is -0.384. The van der Waals surface area contributed by atoms with Gasteiger partial charge in [-0.1, -0.05) is 11.6 Å². The predicted molar refractivity (Wildman–Crippen MR) is 99.5 cm³/mol. The third kappa shape index (κ3) is 4.93. The summed E-state index contributed by atoms with van der Waals surface area (Å²) in [7, 11) is 1.54. The molecule has 7 heteroatoms. The summed E-state index contributed by atoms with van der Waals surface area (Å²) in [5.41, 5.74) is 0.994. The summed E-state index contributed by atoms with van der Waals surface area (Å²) in [5.74, 6) is -0.303. The zero-order valence-corrected chi connectivity index (χ0v) is 15.4. The van der Waals surface area contributed by atoms with Crippen molar-refractivity contribution in [3.63, 3.8) is 0 Å². The smallest absolute Gasteiger partial charge is 0.326 e. The number of urea groups is 1. The number of nitrogens with one attached hydrogen (secondary N) is 2. The largest absolute Gasteiger partial charge is 0.346 e. The molecule has 0 spiro atoms. The molecule has 2 rings (SSSR count). The number of anilines is 2. The van der Waals surface area contributed by atoms with E-state index in [-0.39, 0.29) is 23.2 Å². The highest BCUT2D eigenvalue weighted by atomic mass is 35.5. The van der Waals surface area contributed by atoms with E-state index in [1.807, 2.05) is 20.8 Å². The van der Waals surface area contributed by atoms with Gasteiger partial charge in [0.2, 0.25) is 0 Å². The van der Waals surface area contributed by atoms with Crippen molar-refractivity contribution in [2.45, 2.75) is 26.3 Å². The number of amides is 3. The van der Waals surface area contributed by atoms with E-state index < -0.39 is 0 Å². The van der Waals surface area contributed by atoms with Crippen LogP contribution in [-0.4, -0.2) is 29.5 Å². The van der Waals surface area contributed by atoms with Gasteiger partial charge in [0.25, 0.3) is 5.91 Å². The molecule has 0 fully saturated rings. The van der Waals surface area contributed by atoms with E-state index >= 15 is 0 Å². The number of pyridine rings is 1. The summed E-state index contributed by atoms with van der Waals surface area (Å²) in [6, 6.07) is 9.75. The lowest BCUT2D eigenvalue weighted by molar-refractivity contribution is 0.0914. The molecule has 0 aliphatic carbocycles. The van der Waals surface area contributed by atoms with E-state index in [4.69, 9.17) is 11.6 Å². The molecular formula is C18H21ClN4O2. The first-order valence-electron chi connectivity index (χ1n) is 7.77. The topological polar surface area (TPSA) is 74.3 Å². The van der Waals surface area contributed by atoms with E-state index in [1.54, 1.807) is 43.4 Å². The van der Waals surface area contributed by atoms with Crippen molar-refractivity contribution in [1.29, 1.82) is 0 Å². The van der Waals surface area contributed by atoms with Crippen molar-refractivity contribution in [2.75, 3.05) is 11.9 Å². The van der Waals surface area contributed by atoms with Crippen LogP contribution < -0.4 is 15.5 Å². The van der Waals surface area contributed by atoms with Crippen LogP contribution >= 0.6 is 11.6 Å². The molecule has 0 atom stereocenters. The minimum Gasteiger partial charge on any atom is -0.346 e. The summed E-state index contributed by atoms with van der Waals surface area (Å²) < 4.78 is 0. The van der Waals surface area contributed by atoms with E-state index in [9.17, 15) is 9.59 Å². The lowest BCUT2D eigenvalue weighted by Gasteiger charge is -2.23. The molecule has 1 aromatic heterocycles. The second-order valence-electron chi connectivity index (χ2n) is 6.47. The number of nitrogens with zero attached hydrogens (tertiary/aromatic N) is 2. The summed E-state index contributed by atoms with van der Waals surface area (Å²) >= 11 is 5.92. The molecule has 0 unspecified atom stereocenters. The second-order valence-corrected chi connectivity index (χ2v) is 6.91. The number of rotatable bonds is 3. The molecule has 2 N–H and O–H groups in total. The Bertz CT molecular complexity index is 769. The van der Waals surface area contributed by atoms with Crippen LogP contribution in [0.5, 0.6) is 0 Å². The molecule has 0 saturated carbocycles. The Balaban J connectivity index is 2.41. The van der Waals surface area contributed by atoms with E-state index in [2.05, 4.69) is 15.6 Å². The van der Waals surface area contributed by atoms with E-state index in [1.165, 1.54) is 11.1 Å². The Morgan fingerprint density at radius 1 is 1.08 bits per heavy atom. The van der Waals surface area contributed by atoms with Gasteiger partial charge in [-0.3, -0.25) is 14.7 Å². The van der Waals surface area contributed by atoms with Crippen LogP contribution in [0.1, 0.15) is 31.3 Å². The molecule has 0 bridgehead atoms. The number of aromatic nitrogens is 1. The fraction of sp³-hybridized carbons (Fsp3) is 0.278. The van der Waals surface area contributed by atoms with Crippen LogP contribution in [-0.2, 0) is 0 Å². The van der Waals surface area contributed by atoms with Crippen LogP contribution in [0.4, 0.5) is 16.2 Å². The second kappa shape index (κ2) is 7.53. The fourth-order valence-corrected chi connectivity index (χ4v) is 2.30. The van der Waals surface area contributed by atoms with Crippen LogP contribution in [0.2, 0.25) is 5.02 Å². The Hall–Kier alpha value is -2.60. The van der Waals surface area contributed by atoms with Crippen LogP contribution in [0.3, 0.4) is 0 Å². The standard InChI is InChI=1S/C18H21ClN4O2/c1-18(2,3)22-16(24)15-11-14(9-10-21-15)23(17(25)20-4)13-7-5-12(19)6-8-13/h5-11H,1-4H3,(H,20,25)(H,22,24). The molecule has 3 amide bonds. The maximum absolute atomic E-state index is 12.4. The Morgan fingerprint density at radius 2 is 1.72 bits per heavy atom. The van der Waals surface area contributed by atoms with Crippen molar-refractivity contribution < 1.29 is 9.59 Å². The van der Waals surface area contributed by atoms with Gasteiger partial charge >= 0.3 is 6.03 Å². The maximum Gasteiger partial charge on any atom is 0.326 e. The van der Waals surface area contributed by atoms with E-state index in [0.29, 0.717) is 16.4 Å². The van der Waals surface area contributed by atoms with Crippen molar-refractivity contribution in [1.82, 2.24) is 15.6 Å². The normalized spacial score (nSPS) is 10.9. The van der Waals surface area contributed by atoms with Crippen LogP contribution in [0.25, 0.3) is 0 Å². The molecule has 25 heavy (non-hydrogen) atoms. The van der Waals surface area contributed by atoms with Gasteiger partial charge in [-0.05, 0) is 57.2 Å². The number of halogens is 1. The molecular weight excluding hydrogens is 340 g/mol. The summed E-state index contributed by atoms with van der Waals surface area (Å²) in [6.07, 6.45) is 1.50. The average Bonchev–Trinajstić information content (AvgIpc) is 2.55. The van der Waals surface area contributed by atoms with Gasteiger partial charge in [0.1, 0.15) is 5.69 Å². The number of benzene rings is 1. The van der Waals surface area contributed by atoms with Crippen molar-refractivity contribution in [3.8, 4) is 0 Å². The SMILES string of the molecule is CNC(=O)N(c1ccc(Cl)cc1)c1ccnc(C(=O)NC(C)(C)C)c1. The predicted octanol–water partition coefficient (Wildman–Crippen LogP) is 3.74. The van der Waals surface area contributed by atoms with E-state index in [0.717, 1.165) is 0 Å². The van der Waals surface area contributed by atoms with Gasteiger partial charge in [0, 0.05) is 23.8 Å². The first-order chi connectivity index (χ1) is 11.7. The highest BCUT2D eigenvalue weighted by molar-refractivity contribution is 6.30. The quantitative estimate of drug-likeness (QED) is 0.875. The molecule has 0 saturated heterocycles. The van der Waals surface area contributed by atoms with Crippen LogP contribution in [0.15, 0.2) is 42.6 Å². The van der Waals surface area contributed by atoms with Crippen molar-refractivity contribution >= 4 is 34.9 Å². The maximum atomic E-state index is 12.4. The molecule has 2 aromatic rings. The molecule has 0 aliphatic heterocycles. The number of carbonyl (C=O) groups is 2. The Labute approximate surface area is 152 Å². The van der Waals surface area contributed by atoms with Gasteiger partial charge in [-0.2, -0.15) is 0 Å². The van der Waals surface area contributed by atoms with Crippen molar-refractivity contribution in [2.24, 2.45) is 0 Å². The molecule has 132 valence electrons. The Kier molecular flexibility index (Phi) is 5.64. The lowest BCUT2D eigenvalue weighted by Crippen LogP contribution is -2.41. The molecule has 0 aliphatic rings. The van der Waals surface area contributed by atoms with Gasteiger partial charge in [0.05, 0.1) is 11.4 Å². The zero-order valence-electron chi connectivity index (χ0n) is 14.6. The van der Waals surface area contributed by atoms with Crippen molar-refractivity contribution in [3.05, 3.63) is 53.3 Å². The highest BCUT2D eigenvalue weighted by Gasteiger charge is 2.20. The summed E-state index contributed by atoms with van der Waals surface area (Å²) in [4.78, 5) is 30.3. The number of hydrogen-bond acceptors (Lipinski definition) is 3. The third-order valence-electron chi connectivity index (χ3n) is 3.22. The lowest BCUT2D eigenvalue weighted by atomic mass is 10.1. The van der Waals surface area contributed by atoms with Gasteiger partial charge in [-0.25, -0.2) is 4.79 Å². The van der Waals surface area contributed by atoms with Gasteiger partial charge < -0.3 is 10.6 Å². The molecule has 1 heterocycles. The first-order valence-corrected chi connectivity index (χ1v) is 8.15. The first kappa shape index (κ1) is 18.7. The Morgan fingerprint density at radius 3 is 2.28 bits per heavy atom. The molecule has 6 nitrogen and oxygen atoms in total. The molecule has 1 aromatic carbocycles. The minimum absolute atomic E-state index is 0.232. The monoisotopic (exact) mass is 360 g/mol.